The van der Waals surface area contributed by atoms with Gasteiger partial charge in [-0.1, -0.05) is 30.4 Å². The molecule has 2 aromatic rings. The fraction of sp³-hybridized carbons (Fsp3) is 0.188. The Balaban J connectivity index is 2.21. The molecule has 1 aromatic heterocycles. The average molecular weight is 319 g/mol. The highest BCUT2D eigenvalue weighted by Crippen LogP contribution is 2.24. The number of aryl methyl sites for hydroxylation is 1. The molecule has 0 spiro atoms. The van der Waals surface area contributed by atoms with Crippen LogP contribution in [0.3, 0.4) is 0 Å². The lowest BCUT2D eigenvalue weighted by molar-refractivity contribution is 0.103. The normalized spacial score (nSPS) is 9.86. The molecule has 0 aliphatic rings. The minimum atomic E-state index is -0.151. The first kappa shape index (κ1) is 15.6. The summed E-state index contributed by atoms with van der Waals surface area (Å²) in [6, 6.07) is 9.15. The predicted molar refractivity (Wildman–Crippen MR) is 89.0 cm³/mol. The lowest BCUT2D eigenvalue weighted by Crippen LogP contribution is -2.11. The van der Waals surface area contributed by atoms with Gasteiger partial charge < -0.3 is 11.1 Å². The summed E-state index contributed by atoms with van der Waals surface area (Å²) in [7, 11) is 0. The number of thiophene rings is 1. The van der Waals surface area contributed by atoms with Gasteiger partial charge in [-0.25, -0.2) is 0 Å². The Kier molecular flexibility index (Phi) is 5.40. The summed E-state index contributed by atoms with van der Waals surface area (Å²) >= 11 is 7.11. The van der Waals surface area contributed by atoms with E-state index in [2.05, 4.69) is 17.2 Å². The van der Waals surface area contributed by atoms with E-state index in [9.17, 15) is 4.79 Å². The van der Waals surface area contributed by atoms with Crippen molar-refractivity contribution in [1.82, 2.24) is 0 Å². The smallest absolute Gasteiger partial charge is 0.265 e. The number of nitrogens with one attached hydrogen (secondary N) is 1. The monoisotopic (exact) mass is 318 g/mol. The van der Waals surface area contributed by atoms with Gasteiger partial charge >= 0.3 is 0 Å². The third-order valence-corrected chi connectivity index (χ3v) is 4.10. The molecule has 2 rings (SSSR count). The minimum absolute atomic E-state index is 0.151. The maximum atomic E-state index is 12.1. The fourth-order valence-corrected chi connectivity index (χ4v) is 2.80. The second-order valence-corrected chi connectivity index (χ2v) is 6.00. The first-order chi connectivity index (χ1) is 10.1. The maximum absolute atomic E-state index is 12.1. The number of hydrogen-bond donors (Lipinski definition) is 2. The maximum Gasteiger partial charge on any atom is 0.265 e. The summed E-state index contributed by atoms with van der Waals surface area (Å²) in [6.45, 7) is 2.37. The van der Waals surface area contributed by atoms with Crippen molar-refractivity contribution in [3.05, 3.63) is 50.7 Å². The van der Waals surface area contributed by atoms with Crippen LogP contribution in [0.25, 0.3) is 0 Å². The third kappa shape index (κ3) is 4.08. The number of anilines is 1. The van der Waals surface area contributed by atoms with Crippen molar-refractivity contribution in [3.8, 4) is 11.8 Å². The molecule has 0 aliphatic carbocycles. The lowest BCUT2D eigenvalue weighted by atomic mass is 10.1. The van der Waals surface area contributed by atoms with Gasteiger partial charge in [-0.05, 0) is 42.3 Å². The zero-order valence-electron chi connectivity index (χ0n) is 11.6. The number of carbonyl (C=O) groups excluding carboxylic acids is 1. The van der Waals surface area contributed by atoms with Crippen molar-refractivity contribution in [2.24, 2.45) is 5.73 Å². The molecule has 108 valence electrons. The van der Waals surface area contributed by atoms with Crippen molar-refractivity contribution in [1.29, 1.82) is 0 Å². The zero-order valence-corrected chi connectivity index (χ0v) is 13.1. The van der Waals surface area contributed by atoms with Gasteiger partial charge in [0.25, 0.3) is 5.91 Å². The van der Waals surface area contributed by atoms with Crippen LogP contribution < -0.4 is 11.1 Å². The predicted octanol–water partition coefficient (Wildman–Crippen LogP) is 3.53. The number of rotatable bonds is 3. The van der Waals surface area contributed by atoms with Gasteiger partial charge in [-0.3, -0.25) is 4.79 Å². The van der Waals surface area contributed by atoms with Crippen LogP contribution in [-0.4, -0.2) is 12.5 Å². The molecule has 1 heterocycles. The molecule has 0 aliphatic heterocycles. The van der Waals surface area contributed by atoms with Crippen LogP contribution in [0, 0.1) is 11.8 Å². The molecule has 1 aromatic carbocycles. The molecule has 3 nitrogen and oxygen atoms in total. The highest BCUT2D eigenvalue weighted by molar-refractivity contribution is 7.18. The highest BCUT2D eigenvalue weighted by atomic mass is 35.5. The van der Waals surface area contributed by atoms with Crippen molar-refractivity contribution < 1.29 is 4.79 Å². The summed E-state index contributed by atoms with van der Waals surface area (Å²) in [4.78, 5) is 12.7. The Morgan fingerprint density at radius 2 is 2.19 bits per heavy atom. The lowest BCUT2D eigenvalue weighted by Gasteiger charge is -2.09. The number of amides is 1. The highest BCUT2D eigenvalue weighted by Gasteiger charge is 2.11. The largest absolute Gasteiger partial charge is 0.321 e. The molecule has 21 heavy (non-hydrogen) atoms. The number of halogens is 1. The van der Waals surface area contributed by atoms with Crippen LogP contribution in [0.1, 0.15) is 27.7 Å². The van der Waals surface area contributed by atoms with Crippen LogP contribution in [-0.2, 0) is 6.42 Å². The summed E-state index contributed by atoms with van der Waals surface area (Å²) in [5, 5.41) is 2.91. The molecule has 0 bridgehead atoms. The molecule has 0 radical (unpaired) electrons. The molecule has 3 N–H and O–H groups in total. The van der Waals surface area contributed by atoms with Crippen LogP contribution in [0.4, 0.5) is 5.69 Å². The molecule has 5 heteroatoms. The molecule has 0 atom stereocenters. The first-order valence-electron chi connectivity index (χ1n) is 6.52. The molecule has 0 saturated heterocycles. The van der Waals surface area contributed by atoms with E-state index in [1.54, 1.807) is 12.1 Å². The summed E-state index contributed by atoms with van der Waals surface area (Å²) in [5.41, 5.74) is 8.10. The molecule has 1 amide bonds. The SMILES string of the molecule is CCc1cc(C#CCN)ccc1NC(=O)c1ccc(Cl)s1. The molecule has 0 saturated carbocycles. The van der Waals surface area contributed by atoms with Crippen molar-refractivity contribution in [3.63, 3.8) is 0 Å². The third-order valence-electron chi connectivity index (χ3n) is 2.87. The Labute approximate surface area is 133 Å². The van der Waals surface area contributed by atoms with Crippen LogP contribution >= 0.6 is 22.9 Å². The summed E-state index contributed by atoms with van der Waals surface area (Å²) in [6.07, 6.45) is 0.805. The molecular weight excluding hydrogens is 304 g/mol. The molecular formula is C16H15ClN2OS. The van der Waals surface area contributed by atoms with Gasteiger partial charge in [0.15, 0.2) is 0 Å². The zero-order chi connectivity index (χ0) is 15.2. The van der Waals surface area contributed by atoms with Gasteiger partial charge in [-0.2, -0.15) is 0 Å². The van der Waals surface area contributed by atoms with Crippen molar-refractivity contribution >= 4 is 34.5 Å². The summed E-state index contributed by atoms with van der Waals surface area (Å²) in [5.74, 6) is 5.66. The van der Waals surface area contributed by atoms with Gasteiger partial charge in [0.2, 0.25) is 0 Å². The number of benzene rings is 1. The number of carbonyl (C=O) groups is 1. The quantitative estimate of drug-likeness (QED) is 0.851. The standard InChI is InChI=1S/C16H15ClN2OS/c1-2-12-10-11(4-3-9-18)5-6-13(12)19-16(20)14-7-8-15(17)21-14/h5-8,10H,2,9,18H2,1H3,(H,19,20). The Morgan fingerprint density at radius 1 is 1.38 bits per heavy atom. The van der Waals surface area contributed by atoms with E-state index in [0.717, 1.165) is 23.2 Å². The number of hydrogen-bond acceptors (Lipinski definition) is 3. The van der Waals surface area contributed by atoms with Crippen LogP contribution in [0.15, 0.2) is 30.3 Å². The fourth-order valence-electron chi connectivity index (χ4n) is 1.86. The van der Waals surface area contributed by atoms with Crippen LogP contribution in [0.2, 0.25) is 4.34 Å². The Bertz CT molecular complexity index is 713. The van der Waals surface area contributed by atoms with Crippen molar-refractivity contribution in [2.45, 2.75) is 13.3 Å². The number of nitrogens with two attached hydrogens (primary N) is 1. The van der Waals surface area contributed by atoms with Crippen molar-refractivity contribution in [2.75, 3.05) is 11.9 Å². The topological polar surface area (TPSA) is 55.1 Å². The van der Waals surface area contributed by atoms with Gasteiger partial charge in [0.1, 0.15) is 0 Å². The molecule has 0 fully saturated rings. The Hall–Kier alpha value is -1.80. The van der Waals surface area contributed by atoms with Crippen LogP contribution in [0.5, 0.6) is 0 Å². The van der Waals surface area contributed by atoms with Gasteiger partial charge in [-0.15, -0.1) is 11.3 Å². The van der Waals surface area contributed by atoms with E-state index in [-0.39, 0.29) is 5.91 Å². The van der Waals surface area contributed by atoms with E-state index in [0.29, 0.717) is 15.8 Å². The second kappa shape index (κ2) is 7.28. The van der Waals surface area contributed by atoms with E-state index in [4.69, 9.17) is 17.3 Å². The van der Waals surface area contributed by atoms with E-state index in [1.807, 2.05) is 25.1 Å². The Morgan fingerprint density at radius 3 is 2.81 bits per heavy atom. The molecule has 0 unspecified atom stereocenters. The first-order valence-corrected chi connectivity index (χ1v) is 7.72. The van der Waals surface area contributed by atoms with E-state index >= 15 is 0 Å². The van der Waals surface area contributed by atoms with Gasteiger partial charge in [0, 0.05) is 11.3 Å². The average Bonchev–Trinajstić information content (AvgIpc) is 2.92. The van der Waals surface area contributed by atoms with E-state index < -0.39 is 0 Å². The van der Waals surface area contributed by atoms with Gasteiger partial charge in [0.05, 0.1) is 15.8 Å². The minimum Gasteiger partial charge on any atom is -0.321 e. The summed E-state index contributed by atoms with van der Waals surface area (Å²) < 4.78 is 0.600. The van der Waals surface area contributed by atoms with E-state index in [1.165, 1.54) is 11.3 Å². The second-order valence-electron chi connectivity index (χ2n) is 4.29.